The highest BCUT2D eigenvalue weighted by atomic mass is 32.2. The summed E-state index contributed by atoms with van der Waals surface area (Å²) in [5.74, 6) is 1.02. The van der Waals surface area contributed by atoms with E-state index in [-0.39, 0.29) is 12.5 Å². The zero-order valence-electron chi connectivity index (χ0n) is 16.9. The van der Waals surface area contributed by atoms with Crippen LogP contribution in [-0.2, 0) is 21.4 Å². The summed E-state index contributed by atoms with van der Waals surface area (Å²) < 4.78 is 37.3. The summed E-state index contributed by atoms with van der Waals surface area (Å²) in [6.07, 6.45) is 1.11. The number of rotatable bonds is 7. The second kappa shape index (κ2) is 8.73. The molecule has 0 aromatic heterocycles. The lowest BCUT2D eigenvalue weighted by atomic mass is 10.1. The van der Waals surface area contributed by atoms with Crippen molar-refractivity contribution in [3.8, 4) is 11.5 Å². The Labute approximate surface area is 171 Å². The minimum Gasteiger partial charge on any atom is -0.486 e. The number of benzene rings is 2. The van der Waals surface area contributed by atoms with Crippen LogP contribution in [0.15, 0.2) is 42.5 Å². The van der Waals surface area contributed by atoms with Crippen molar-refractivity contribution in [2.45, 2.75) is 20.4 Å². The normalized spacial score (nSPS) is 13.1. The molecule has 0 aliphatic carbocycles. The van der Waals surface area contributed by atoms with Gasteiger partial charge in [0.1, 0.15) is 19.8 Å². The van der Waals surface area contributed by atoms with Crippen molar-refractivity contribution in [3.05, 3.63) is 53.6 Å². The van der Waals surface area contributed by atoms with Crippen LogP contribution in [0.5, 0.6) is 11.5 Å². The molecule has 3 rings (SSSR count). The average molecular weight is 419 g/mol. The molecule has 0 fully saturated rings. The standard InChI is InChI=1S/C21H26N2O5S/c1-4-22(14-17-9-7-11-19-21(17)28-13-12-27-19)20(24)15-23(29(3,25)26)18-10-6-5-8-16(18)2/h5-11H,4,12-15H2,1-3H3. The summed E-state index contributed by atoms with van der Waals surface area (Å²) in [7, 11) is -3.62. The number of ether oxygens (including phenoxy) is 2. The molecule has 0 unspecified atom stereocenters. The zero-order chi connectivity index (χ0) is 21.0. The summed E-state index contributed by atoms with van der Waals surface area (Å²) in [4.78, 5) is 14.7. The van der Waals surface area contributed by atoms with Gasteiger partial charge in [0.05, 0.1) is 11.9 Å². The van der Waals surface area contributed by atoms with Gasteiger partial charge in [-0.1, -0.05) is 30.3 Å². The van der Waals surface area contributed by atoms with E-state index in [9.17, 15) is 13.2 Å². The average Bonchev–Trinajstić information content (AvgIpc) is 2.70. The number of fused-ring (bicyclic) bond motifs is 1. The quantitative estimate of drug-likeness (QED) is 0.691. The van der Waals surface area contributed by atoms with Gasteiger partial charge in [-0.25, -0.2) is 8.42 Å². The lowest BCUT2D eigenvalue weighted by Gasteiger charge is -2.29. The number of sulfonamides is 1. The molecular weight excluding hydrogens is 392 g/mol. The van der Waals surface area contributed by atoms with E-state index in [0.29, 0.717) is 43.5 Å². The van der Waals surface area contributed by atoms with Crippen molar-refractivity contribution in [2.75, 3.05) is 36.9 Å². The van der Waals surface area contributed by atoms with Gasteiger partial charge in [-0.15, -0.1) is 0 Å². The van der Waals surface area contributed by atoms with E-state index in [1.54, 1.807) is 17.0 Å². The van der Waals surface area contributed by atoms with Crippen LogP contribution in [0.4, 0.5) is 5.69 Å². The molecule has 0 radical (unpaired) electrons. The fraction of sp³-hybridized carbons (Fsp3) is 0.381. The van der Waals surface area contributed by atoms with Crippen molar-refractivity contribution in [1.29, 1.82) is 0 Å². The zero-order valence-corrected chi connectivity index (χ0v) is 17.7. The third-order valence-electron chi connectivity index (χ3n) is 4.81. The van der Waals surface area contributed by atoms with Crippen LogP contribution in [-0.4, -0.2) is 51.8 Å². The Bertz CT molecular complexity index is 990. The van der Waals surface area contributed by atoms with Crippen LogP contribution < -0.4 is 13.8 Å². The maximum atomic E-state index is 13.0. The van der Waals surface area contributed by atoms with Crippen LogP contribution in [0.3, 0.4) is 0 Å². The number of para-hydroxylation sites is 2. The molecule has 29 heavy (non-hydrogen) atoms. The fourth-order valence-electron chi connectivity index (χ4n) is 3.29. The smallest absolute Gasteiger partial charge is 0.243 e. The minimum atomic E-state index is -3.62. The number of hydrogen-bond acceptors (Lipinski definition) is 5. The van der Waals surface area contributed by atoms with Crippen LogP contribution in [0.2, 0.25) is 0 Å². The second-order valence-corrected chi connectivity index (χ2v) is 8.81. The van der Waals surface area contributed by atoms with Crippen LogP contribution >= 0.6 is 0 Å². The number of anilines is 1. The summed E-state index contributed by atoms with van der Waals surface area (Å²) in [5.41, 5.74) is 2.13. The molecule has 0 atom stereocenters. The van der Waals surface area contributed by atoms with E-state index in [0.717, 1.165) is 21.7 Å². The van der Waals surface area contributed by atoms with Gasteiger partial charge in [0.15, 0.2) is 11.5 Å². The lowest BCUT2D eigenvalue weighted by molar-refractivity contribution is -0.129. The van der Waals surface area contributed by atoms with E-state index in [1.807, 2.05) is 44.2 Å². The highest BCUT2D eigenvalue weighted by Gasteiger charge is 2.26. The molecule has 0 N–H and O–H groups in total. The molecule has 0 spiro atoms. The minimum absolute atomic E-state index is 0.260. The molecule has 2 aromatic carbocycles. The van der Waals surface area contributed by atoms with Crippen molar-refractivity contribution >= 4 is 21.6 Å². The first-order valence-corrected chi connectivity index (χ1v) is 11.3. The van der Waals surface area contributed by atoms with Crippen molar-refractivity contribution in [1.82, 2.24) is 4.90 Å². The van der Waals surface area contributed by atoms with Gasteiger partial charge < -0.3 is 14.4 Å². The monoisotopic (exact) mass is 418 g/mol. The highest BCUT2D eigenvalue weighted by molar-refractivity contribution is 7.92. The molecule has 1 aliphatic heterocycles. The topological polar surface area (TPSA) is 76.2 Å². The molecule has 2 aromatic rings. The first-order chi connectivity index (χ1) is 13.8. The second-order valence-electron chi connectivity index (χ2n) is 6.91. The number of likely N-dealkylation sites (N-methyl/N-ethyl adjacent to an activating group) is 1. The van der Waals surface area contributed by atoms with Gasteiger partial charge in [0.2, 0.25) is 15.9 Å². The number of aryl methyl sites for hydroxylation is 1. The van der Waals surface area contributed by atoms with E-state index < -0.39 is 10.0 Å². The summed E-state index contributed by atoms with van der Waals surface area (Å²) in [6, 6.07) is 12.7. The Balaban J connectivity index is 1.83. The SMILES string of the molecule is CCN(Cc1cccc2c1OCCO2)C(=O)CN(c1ccccc1C)S(C)(=O)=O. The number of carbonyl (C=O) groups is 1. The van der Waals surface area contributed by atoms with Gasteiger partial charge in [-0.3, -0.25) is 9.10 Å². The molecule has 1 aliphatic rings. The number of hydrogen-bond donors (Lipinski definition) is 0. The third-order valence-corrected chi connectivity index (χ3v) is 5.93. The lowest BCUT2D eigenvalue weighted by Crippen LogP contribution is -2.42. The summed E-state index contributed by atoms with van der Waals surface area (Å²) >= 11 is 0. The van der Waals surface area contributed by atoms with Crippen molar-refractivity contribution in [3.63, 3.8) is 0 Å². The maximum absolute atomic E-state index is 13.0. The van der Waals surface area contributed by atoms with Crippen LogP contribution in [0.1, 0.15) is 18.1 Å². The molecule has 1 heterocycles. The Hall–Kier alpha value is -2.74. The molecule has 8 heteroatoms. The van der Waals surface area contributed by atoms with Gasteiger partial charge in [0, 0.05) is 18.7 Å². The Kier molecular flexibility index (Phi) is 6.32. The summed E-state index contributed by atoms with van der Waals surface area (Å²) in [6.45, 7) is 5.13. The molecule has 1 amide bonds. The molecule has 0 saturated carbocycles. The van der Waals surface area contributed by atoms with Gasteiger partial charge in [-0.2, -0.15) is 0 Å². The van der Waals surface area contributed by atoms with Gasteiger partial charge in [-0.05, 0) is 31.5 Å². The van der Waals surface area contributed by atoms with E-state index in [4.69, 9.17) is 9.47 Å². The highest BCUT2D eigenvalue weighted by Crippen LogP contribution is 2.34. The largest absolute Gasteiger partial charge is 0.486 e. The van der Waals surface area contributed by atoms with E-state index in [2.05, 4.69) is 0 Å². The van der Waals surface area contributed by atoms with Crippen LogP contribution in [0.25, 0.3) is 0 Å². The van der Waals surface area contributed by atoms with Gasteiger partial charge >= 0.3 is 0 Å². The number of amides is 1. The summed E-state index contributed by atoms with van der Waals surface area (Å²) in [5, 5.41) is 0. The van der Waals surface area contributed by atoms with Crippen molar-refractivity contribution in [2.24, 2.45) is 0 Å². The van der Waals surface area contributed by atoms with Gasteiger partial charge in [0.25, 0.3) is 0 Å². The van der Waals surface area contributed by atoms with E-state index in [1.165, 1.54) is 0 Å². The predicted octanol–water partition coefficient (Wildman–Crippen LogP) is 2.58. The molecule has 156 valence electrons. The van der Waals surface area contributed by atoms with Crippen LogP contribution in [0, 0.1) is 6.92 Å². The molecule has 0 saturated heterocycles. The third kappa shape index (κ3) is 4.82. The number of carbonyl (C=O) groups excluding carboxylic acids is 1. The molecule has 7 nitrogen and oxygen atoms in total. The maximum Gasteiger partial charge on any atom is 0.243 e. The first-order valence-electron chi connectivity index (χ1n) is 9.50. The fourth-order valence-corrected chi connectivity index (χ4v) is 4.19. The Morgan fingerprint density at radius 3 is 2.48 bits per heavy atom. The first kappa shape index (κ1) is 21.0. The van der Waals surface area contributed by atoms with E-state index >= 15 is 0 Å². The molecular formula is C21H26N2O5S. The Morgan fingerprint density at radius 2 is 1.79 bits per heavy atom. The van der Waals surface area contributed by atoms with Crippen molar-refractivity contribution < 1.29 is 22.7 Å². The number of nitrogens with zero attached hydrogens (tertiary/aromatic N) is 2. The predicted molar refractivity (Wildman–Crippen MR) is 112 cm³/mol. The Morgan fingerprint density at radius 1 is 1.07 bits per heavy atom. The molecule has 0 bridgehead atoms.